The third kappa shape index (κ3) is 4.38. The van der Waals surface area contributed by atoms with E-state index < -0.39 is 0 Å². The summed E-state index contributed by atoms with van der Waals surface area (Å²) in [5, 5.41) is 10.7. The quantitative estimate of drug-likeness (QED) is 0.451. The molecule has 0 fully saturated rings. The van der Waals surface area contributed by atoms with Crippen molar-refractivity contribution in [1.29, 1.82) is 0 Å². The van der Waals surface area contributed by atoms with E-state index in [4.69, 9.17) is 5.73 Å². The number of nitrogens with one attached hydrogen (secondary N) is 1. The normalized spacial score (nSPS) is 10.6. The predicted octanol–water partition coefficient (Wildman–Crippen LogP) is 1.47. The number of carbonyl (C=O) groups excluding carboxylic acids is 1. The first kappa shape index (κ1) is 18.2. The Labute approximate surface area is 165 Å². The van der Waals surface area contributed by atoms with Gasteiger partial charge in [0.2, 0.25) is 0 Å². The van der Waals surface area contributed by atoms with E-state index >= 15 is 0 Å². The summed E-state index contributed by atoms with van der Waals surface area (Å²) >= 11 is 0. The molecule has 0 atom stereocenters. The van der Waals surface area contributed by atoms with E-state index in [2.05, 4.69) is 35.6 Å². The maximum atomic E-state index is 12.5. The number of hydrogen-bond donors (Lipinski definition) is 2. The molecular formula is C19H17N9O. The second kappa shape index (κ2) is 8.21. The van der Waals surface area contributed by atoms with Gasteiger partial charge >= 0.3 is 0 Å². The molecule has 0 aromatic carbocycles. The molecule has 4 rings (SSSR count). The van der Waals surface area contributed by atoms with E-state index in [0.717, 1.165) is 16.9 Å². The SMILES string of the molecule is Nc1ncccc1NCc1cc(CC(=O)c2cnc(-n3ccnn3)cn2)ccn1. The van der Waals surface area contributed by atoms with Gasteiger partial charge in [-0.2, -0.15) is 0 Å². The van der Waals surface area contributed by atoms with Gasteiger partial charge in [-0.3, -0.25) is 9.78 Å². The molecule has 0 aliphatic heterocycles. The van der Waals surface area contributed by atoms with E-state index in [1.807, 2.05) is 12.1 Å². The summed E-state index contributed by atoms with van der Waals surface area (Å²) in [6.45, 7) is 0.463. The van der Waals surface area contributed by atoms with E-state index in [-0.39, 0.29) is 17.9 Å². The summed E-state index contributed by atoms with van der Waals surface area (Å²) in [5.41, 5.74) is 8.47. The van der Waals surface area contributed by atoms with Crippen molar-refractivity contribution in [1.82, 2.24) is 34.9 Å². The summed E-state index contributed by atoms with van der Waals surface area (Å²) in [5.74, 6) is 0.780. The maximum absolute atomic E-state index is 12.5. The molecule has 4 aromatic rings. The molecule has 4 aromatic heterocycles. The number of ketones is 1. The number of Topliss-reactive ketones (excluding diaryl/α,β-unsaturated/α-hetero) is 1. The van der Waals surface area contributed by atoms with Crippen LogP contribution >= 0.6 is 0 Å². The Bertz CT molecular complexity index is 1110. The van der Waals surface area contributed by atoms with Gasteiger partial charge in [-0.25, -0.2) is 19.6 Å². The van der Waals surface area contributed by atoms with Crippen molar-refractivity contribution in [2.24, 2.45) is 0 Å². The highest BCUT2D eigenvalue weighted by Gasteiger charge is 2.11. The largest absolute Gasteiger partial charge is 0.382 e. The topological polar surface area (TPSA) is 137 Å². The Kier molecular flexibility index (Phi) is 5.14. The molecule has 0 bridgehead atoms. The summed E-state index contributed by atoms with van der Waals surface area (Å²) in [6.07, 6.45) is 9.62. The number of anilines is 2. The average molecular weight is 387 g/mol. The molecule has 0 spiro atoms. The average Bonchev–Trinajstić information content (AvgIpc) is 3.28. The zero-order valence-electron chi connectivity index (χ0n) is 15.3. The Balaban J connectivity index is 1.41. The van der Waals surface area contributed by atoms with Crippen molar-refractivity contribution in [3.05, 3.63) is 78.4 Å². The number of carbonyl (C=O) groups is 1. The van der Waals surface area contributed by atoms with Crippen LogP contribution in [0.3, 0.4) is 0 Å². The zero-order valence-corrected chi connectivity index (χ0v) is 15.3. The summed E-state index contributed by atoms with van der Waals surface area (Å²) in [6, 6.07) is 7.32. The molecule has 0 saturated heterocycles. The highest BCUT2D eigenvalue weighted by atomic mass is 16.1. The summed E-state index contributed by atoms with van der Waals surface area (Å²) in [4.78, 5) is 29.3. The van der Waals surface area contributed by atoms with Gasteiger partial charge in [0.15, 0.2) is 11.6 Å². The van der Waals surface area contributed by atoms with Crippen molar-refractivity contribution in [3.63, 3.8) is 0 Å². The van der Waals surface area contributed by atoms with E-state index in [1.165, 1.54) is 17.1 Å². The smallest absolute Gasteiger partial charge is 0.187 e. The third-order valence-corrected chi connectivity index (χ3v) is 4.13. The van der Waals surface area contributed by atoms with Crippen LogP contribution in [0.4, 0.5) is 11.5 Å². The third-order valence-electron chi connectivity index (χ3n) is 4.13. The van der Waals surface area contributed by atoms with Crippen molar-refractivity contribution in [2.75, 3.05) is 11.1 Å². The van der Waals surface area contributed by atoms with Crippen LogP contribution in [0.15, 0.2) is 61.4 Å². The molecule has 3 N–H and O–H groups in total. The minimum Gasteiger partial charge on any atom is -0.382 e. The molecule has 10 heteroatoms. The van der Waals surface area contributed by atoms with Gasteiger partial charge in [-0.05, 0) is 29.8 Å². The molecule has 29 heavy (non-hydrogen) atoms. The Morgan fingerprint density at radius 1 is 1.07 bits per heavy atom. The zero-order chi connectivity index (χ0) is 20.1. The lowest BCUT2D eigenvalue weighted by Crippen LogP contribution is -2.10. The van der Waals surface area contributed by atoms with Crippen molar-refractivity contribution in [3.8, 4) is 5.82 Å². The number of hydrogen-bond acceptors (Lipinski definition) is 9. The van der Waals surface area contributed by atoms with Crippen LogP contribution in [-0.4, -0.2) is 40.7 Å². The Morgan fingerprint density at radius 2 is 2.00 bits per heavy atom. The number of pyridine rings is 2. The Morgan fingerprint density at radius 3 is 2.76 bits per heavy atom. The van der Waals surface area contributed by atoms with Gasteiger partial charge in [-0.15, -0.1) is 5.10 Å². The molecule has 144 valence electrons. The highest BCUT2D eigenvalue weighted by Crippen LogP contribution is 2.15. The lowest BCUT2D eigenvalue weighted by Gasteiger charge is -2.09. The van der Waals surface area contributed by atoms with Crippen LogP contribution < -0.4 is 11.1 Å². The lowest BCUT2D eigenvalue weighted by molar-refractivity contribution is 0.0988. The van der Waals surface area contributed by atoms with Crippen LogP contribution in [0, 0.1) is 0 Å². The second-order valence-electron chi connectivity index (χ2n) is 6.15. The lowest BCUT2D eigenvalue weighted by atomic mass is 10.1. The van der Waals surface area contributed by atoms with Crippen molar-refractivity contribution < 1.29 is 4.79 Å². The minimum atomic E-state index is -0.135. The second-order valence-corrected chi connectivity index (χ2v) is 6.15. The predicted molar refractivity (Wildman–Crippen MR) is 105 cm³/mol. The van der Waals surface area contributed by atoms with Crippen LogP contribution in [0.5, 0.6) is 0 Å². The first-order valence-electron chi connectivity index (χ1n) is 8.79. The molecule has 0 saturated carbocycles. The maximum Gasteiger partial charge on any atom is 0.187 e. The fourth-order valence-electron chi connectivity index (χ4n) is 2.68. The molecule has 10 nitrogen and oxygen atoms in total. The van der Waals surface area contributed by atoms with Gasteiger partial charge in [0, 0.05) is 18.8 Å². The Hall–Kier alpha value is -4.21. The van der Waals surface area contributed by atoms with E-state index in [0.29, 0.717) is 18.2 Å². The summed E-state index contributed by atoms with van der Waals surface area (Å²) < 4.78 is 1.47. The fourth-order valence-corrected chi connectivity index (χ4v) is 2.68. The molecule has 0 aliphatic carbocycles. The molecule has 0 amide bonds. The fraction of sp³-hybridized carbons (Fsp3) is 0.105. The number of aromatic nitrogens is 7. The van der Waals surface area contributed by atoms with E-state index in [9.17, 15) is 4.79 Å². The van der Waals surface area contributed by atoms with Gasteiger partial charge in [0.25, 0.3) is 0 Å². The number of rotatable bonds is 7. The molecule has 0 radical (unpaired) electrons. The molecule has 4 heterocycles. The number of nitrogen functional groups attached to an aromatic ring is 1. The van der Waals surface area contributed by atoms with E-state index in [1.54, 1.807) is 36.9 Å². The minimum absolute atomic E-state index is 0.135. The molecule has 0 unspecified atom stereocenters. The van der Waals surface area contributed by atoms with Crippen LogP contribution in [0.1, 0.15) is 21.7 Å². The number of nitrogens with zero attached hydrogens (tertiary/aromatic N) is 7. The van der Waals surface area contributed by atoms with Crippen LogP contribution in [0.2, 0.25) is 0 Å². The van der Waals surface area contributed by atoms with Gasteiger partial charge in [0.1, 0.15) is 11.5 Å². The summed E-state index contributed by atoms with van der Waals surface area (Å²) in [7, 11) is 0. The van der Waals surface area contributed by atoms with Gasteiger partial charge in [0.05, 0.1) is 42.7 Å². The van der Waals surface area contributed by atoms with Gasteiger partial charge < -0.3 is 11.1 Å². The molecule has 0 aliphatic rings. The van der Waals surface area contributed by atoms with Crippen molar-refractivity contribution in [2.45, 2.75) is 13.0 Å². The van der Waals surface area contributed by atoms with Crippen molar-refractivity contribution >= 4 is 17.3 Å². The van der Waals surface area contributed by atoms with Crippen LogP contribution in [0.25, 0.3) is 5.82 Å². The first-order chi connectivity index (χ1) is 14.2. The number of nitrogens with two attached hydrogens (primary N) is 1. The standard InChI is InChI=1S/C19H17N9O/c20-19-15(2-1-4-22-19)23-10-14-8-13(3-5-21-14)9-17(29)16-11-25-18(12-24-16)28-7-6-26-27-28/h1-8,11-12,23H,9-10H2,(H2,20,22). The first-order valence-corrected chi connectivity index (χ1v) is 8.79. The highest BCUT2D eigenvalue weighted by molar-refractivity contribution is 5.95. The molecular weight excluding hydrogens is 370 g/mol. The van der Waals surface area contributed by atoms with Crippen LogP contribution in [-0.2, 0) is 13.0 Å². The van der Waals surface area contributed by atoms with Gasteiger partial charge in [-0.1, -0.05) is 5.21 Å². The monoisotopic (exact) mass is 387 g/mol.